The van der Waals surface area contributed by atoms with Gasteiger partial charge in [0, 0.05) is 12.6 Å². The van der Waals surface area contributed by atoms with Crippen molar-refractivity contribution in [1.82, 2.24) is 5.32 Å². The van der Waals surface area contributed by atoms with Gasteiger partial charge < -0.3 is 19.9 Å². The van der Waals surface area contributed by atoms with Crippen molar-refractivity contribution in [2.24, 2.45) is 5.92 Å². The topological polar surface area (TPSA) is 50.7 Å². The molecule has 0 amide bonds. The second-order valence-electron chi connectivity index (χ2n) is 5.37. The molecule has 4 nitrogen and oxygen atoms in total. The van der Waals surface area contributed by atoms with Crippen LogP contribution in [0.2, 0.25) is 0 Å². The molecule has 3 rings (SSSR count). The van der Waals surface area contributed by atoms with Crippen LogP contribution in [0, 0.1) is 5.92 Å². The number of ether oxygens (including phenoxy) is 2. The summed E-state index contributed by atoms with van der Waals surface area (Å²) < 4.78 is 10.8. The number of fused-ring (bicyclic) bond motifs is 1. The Kier molecular flexibility index (Phi) is 9.72. The van der Waals surface area contributed by atoms with Crippen LogP contribution in [-0.2, 0) is 6.42 Å². The Morgan fingerprint density at radius 3 is 2.48 bits per heavy atom. The molecule has 0 bridgehead atoms. The third kappa shape index (κ3) is 6.40. The molecule has 2 aliphatic rings. The molecule has 1 aromatic rings. The Hall–Kier alpha value is -1.26. The SMILES string of the molecule is CC.CC.OCCCNC(Cc1ccc2c(c1)OCO2)C1CC1. The lowest BCUT2D eigenvalue weighted by Gasteiger charge is -2.18. The summed E-state index contributed by atoms with van der Waals surface area (Å²) in [4.78, 5) is 0. The molecule has 132 valence electrons. The molecule has 0 radical (unpaired) electrons. The van der Waals surface area contributed by atoms with Crippen LogP contribution < -0.4 is 14.8 Å². The molecular weight excluding hydrogens is 290 g/mol. The molecule has 0 aromatic heterocycles. The first-order valence-electron chi connectivity index (χ1n) is 9.09. The fraction of sp³-hybridized carbons (Fsp3) is 0.684. The van der Waals surface area contributed by atoms with Crippen LogP contribution >= 0.6 is 0 Å². The molecule has 23 heavy (non-hydrogen) atoms. The van der Waals surface area contributed by atoms with Crippen molar-refractivity contribution in [3.8, 4) is 11.5 Å². The largest absolute Gasteiger partial charge is 0.454 e. The lowest BCUT2D eigenvalue weighted by atomic mass is 10.0. The standard InChI is InChI=1S/C15H21NO3.2C2H6/c17-7-1-6-16-13(12-3-4-12)8-11-2-5-14-15(9-11)19-10-18-14;2*1-2/h2,5,9,12-13,16-17H,1,3-4,6-8,10H2;2*1-2H3. The molecule has 1 unspecified atom stereocenters. The van der Waals surface area contributed by atoms with E-state index in [2.05, 4.69) is 17.4 Å². The molecule has 1 aliphatic carbocycles. The van der Waals surface area contributed by atoms with Gasteiger partial charge in [-0.15, -0.1) is 0 Å². The first kappa shape index (κ1) is 19.8. The highest BCUT2D eigenvalue weighted by atomic mass is 16.7. The maximum absolute atomic E-state index is 8.86. The zero-order valence-corrected chi connectivity index (χ0v) is 15.1. The van der Waals surface area contributed by atoms with Crippen LogP contribution in [0.4, 0.5) is 0 Å². The average Bonchev–Trinajstić information content (AvgIpc) is 3.35. The maximum atomic E-state index is 8.86. The number of rotatable bonds is 7. The Morgan fingerprint density at radius 2 is 1.83 bits per heavy atom. The average molecular weight is 323 g/mol. The van der Waals surface area contributed by atoms with Crippen molar-refractivity contribution < 1.29 is 14.6 Å². The summed E-state index contributed by atoms with van der Waals surface area (Å²) in [6, 6.07) is 6.73. The number of benzene rings is 1. The fourth-order valence-corrected chi connectivity index (χ4v) is 2.59. The Labute approximate surface area is 141 Å². The van der Waals surface area contributed by atoms with Crippen molar-refractivity contribution in [3.05, 3.63) is 23.8 Å². The molecule has 1 atom stereocenters. The Balaban J connectivity index is 0.000000615. The van der Waals surface area contributed by atoms with Gasteiger partial charge >= 0.3 is 0 Å². The number of nitrogens with one attached hydrogen (secondary N) is 1. The van der Waals surface area contributed by atoms with E-state index in [9.17, 15) is 0 Å². The molecule has 4 heteroatoms. The highest BCUT2D eigenvalue weighted by molar-refractivity contribution is 5.44. The van der Waals surface area contributed by atoms with Crippen molar-refractivity contribution in [1.29, 1.82) is 0 Å². The maximum Gasteiger partial charge on any atom is 0.231 e. The minimum atomic E-state index is 0.258. The lowest BCUT2D eigenvalue weighted by molar-refractivity contribution is 0.174. The summed E-state index contributed by atoms with van der Waals surface area (Å²) in [6.07, 6.45) is 4.49. The second kappa shape index (κ2) is 11.3. The number of aliphatic hydroxyl groups is 1. The smallest absolute Gasteiger partial charge is 0.231 e. The van der Waals surface area contributed by atoms with Gasteiger partial charge in [0.05, 0.1) is 0 Å². The van der Waals surface area contributed by atoms with Gasteiger partial charge in [0.15, 0.2) is 11.5 Å². The monoisotopic (exact) mass is 323 g/mol. The van der Waals surface area contributed by atoms with E-state index in [1.54, 1.807) is 0 Å². The van der Waals surface area contributed by atoms with Crippen molar-refractivity contribution in [2.45, 2.75) is 59.4 Å². The van der Waals surface area contributed by atoms with Gasteiger partial charge in [-0.2, -0.15) is 0 Å². The molecule has 1 saturated carbocycles. The Bertz CT molecular complexity index is 433. The second-order valence-corrected chi connectivity index (χ2v) is 5.37. The van der Waals surface area contributed by atoms with E-state index in [1.807, 2.05) is 33.8 Å². The minimum absolute atomic E-state index is 0.258. The van der Waals surface area contributed by atoms with Gasteiger partial charge in [-0.3, -0.25) is 0 Å². The summed E-state index contributed by atoms with van der Waals surface area (Å²) in [6.45, 7) is 9.48. The van der Waals surface area contributed by atoms with E-state index in [0.29, 0.717) is 12.8 Å². The van der Waals surface area contributed by atoms with E-state index >= 15 is 0 Å². The van der Waals surface area contributed by atoms with Crippen molar-refractivity contribution in [2.75, 3.05) is 19.9 Å². The van der Waals surface area contributed by atoms with Crippen LogP contribution in [-0.4, -0.2) is 31.1 Å². The number of aliphatic hydroxyl groups excluding tert-OH is 1. The molecule has 2 N–H and O–H groups in total. The molecule has 0 spiro atoms. The predicted molar refractivity (Wildman–Crippen MR) is 95.2 cm³/mol. The van der Waals surface area contributed by atoms with E-state index in [-0.39, 0.29) is 6.61 Å². The van der Waals surface area contributed by atoms with Crippen LogP contribution in [0.25, 0.3) is 0 Å². The van der Waals surface area contributed by atoms with E-state index in [4.69, 9.17) is 14.6 Å². The molecule has 1 heterocycles. The van der Waals surface area contributed by atoms with Crippen molar-refractivity contribution >= 4 is 0 Å². The summed E-state index contributed by atoms with van der Waals surface area (Å²) >= 11 is 0. The third-order valence-electron chi connectivity index (χ3n) is 3.83. The minimum Gasteiger partial charge on any atom is -0.454 e. The summed E-state index contributed by atoms with van der Waals surface area (Å²) in [5, 5.41) is 12.4. The zero-order valence-electron chi connectivity index (χ0n) is 15.1. The molecular formula is C19H33NO3. The fourth-order valence-electron chi connectivity index (χ4n) is 2.59. The third-order valence-corrected chi connectivity index (χ3v) is 3.83. The van der Waals surface area contributed by atoms with Crippen molar-refractivity contribution in [3.63, 3.8) is 0 Å². The van der Waals surface area contributed by atoms with Crippen LogP contribution in [0.1, 0.15) is 52.5 Å². The summed E-state index contributed by atoms with van der Waals surface area (Å²) in [5.41, 5.74) is 1.29. The van der Waals surface area contributed by atoms with Gasteiger partial charge in [0.1, 0.15) is 0 Å². The van der Waals surface area contributed by atoms with Gasteiger partial charge in [0.25, 0.3) is 0 Å². The van der Waals surface area contributed by atoms with Crippen LogP contribution in [0.5, 0.6) is 11.5 Å². The molecule has 1 fully saturated rings. The quantitative estimate of drug-likeness (QED) is 0.750. The Morgan fingerprint density at radius 1 is 1.13 bits per heavy atom. The van der Waals surface area contributed by atoms with Crippen LogP contribution in [0.15, 0.2) is 18.2 Å². The van der Waals surface area contributed by atoms with Crippen LogP contribution in [0.3, 0.4) is 0 Å². The molecule has 1 aromatic carbocycles. The van der Waals surface area contributed by atoms with Gasteiger partial charge in [0.2, 0.25) is 6.79 Å². The summed E-state index contributed by atoms with van der Waals surface area (Å²) in [7, 11) is 0. The van der Waals surface area contributed by atoms with Gasteiger partial charge in [-0.05, 0) is 55.8 Å². The lowest BCUT2D eigenvalue weighted by Crippen LogP contribution is -2.34. The molecule has 0 saturated heterocycles. The highest BCUT2D eigenvalue weighted by Gasteiger charge is 2.31. The van der Waals surface area contributed by atoms with Gasteiger partial charge in [-0.1, -0.05) is 33.8 Å². The van der Waals surface area contributed by atoms with Gasteiger partial charge in [-0.25, -0.2) is 0 Å². The van der Waals surface area contributed by atoms with E-state index < -0.39 is 0 Å². The molecule has 1 aliphatic heterocycles. The highest BCUT2D eigenvalue weighted by Crippen LogP contribution is 2.36. The normalized spacial score (nSPS) is 15.9. The number of hydrogen-bond donors (Lipinski definition) is 2. The van der Waals surface area contributed by atoms with E-state index in [1.165, 1.54) is 18.4 Å². The van der Waals surface area contributed by atoms with E-state index in [0.717, 1.165) is 36.8 Å². The number of hydrogen-bond acceptors (Lipinski definition) is 4. The predicted octanol–water partition coefficient (Wildman–Crippen LogP) is 3.76. The first-order chi connectivity index (χ1) is 11.4. The zero-order chi connectivity index (χ0) is 17.1. The first-order valence-corrected chi connectivity index (χ1v) is 9.09. The summed E-state index contributed by atoms with van der Waals surface area (Å²) in [5.74, 6) is 2.51.